The number of rotatable bonds is 8. The van der Waals surface area contributed by atoms with Gasteiger partial charge >= 0.3 is 0 Å². The predicted molar refractivity (Wildman–Crippen MR) is 150 cm³/mol. The molecule has 0 bridgehead atoms. The summed E-state index contributed by atoms with van der Waals surface area (Å²) in [6.45, 7) is 2.73. The van der Waals surface area contributed by atoms with Gasteiger partial charge in [-0.3, -0.25) is 9.59 Å². The molecule has 4 aromatic rings. The van der Waals surface area contributed by atoms with Gasteiger partial charge in [-0.25, -0.2) is 0 Å². The number of nitrogens with zero attached hydrogens (tertiary/aromatic N) is 1. The fourth-order valence-electron chi connectivity index (χ4n) is 4.64. The van der Waals surface area contributed by atoms with Gasteiger partial charge in [-0.2, -0.15) is 0 Å². The number of hydrogen-bond donors (Lipinski definition) is 1. The van der Waals surface area contributed by atoms with Gasteiger partial charge in [0.2, 0.25) is 5.91 Å². The summed E-state index contributed by atoms with van der Waals surface area (Å²) < 4.78 is 0. The quantitative estimate of drug-likeness (QED) is 0.304. The number of carbonyl (C=O) groups excluding carboxylic acids is 2. The van der Waals surface area contributed by atoms with Gasteiger partial charge in [0, 0.05) is 12.1 Å². The predicted octanol–water partition coefficient (Wildman–Crippen LogP) is 6.33. The average molecular weight is 507 g/mol. The molecule has 4 nitrogen and oxygen atoms in total. The van der Waals surface area contributed by atoms with Crippen LogP contribution in [0.3, 0.4) is 0 Å². The van der Waals surface area contributed by atoms with Crippen molar-refractivity contribution in [1.29, 1.82) is 0 Å². The Morgan fingerprint density at radius 3 is 2.16 bits per heavy atom. The van der Waals surface area contributed by atoms with Crippen LogP contribution in [0.15, 0.2) is 109 Å². The Balaban J connectivity index is 1.30. The number of nitrogens with one attached hydrogen (secondary N) is 1. The maximum absolute atomic E-state index is 13.3. The summed E-state index contributed by atoms with van der Waals surface area (Å²) in [5.41, 5.74) is 6.11. The van der Waals surface area contributed by atoms with Crippen LogP contribution in [0.1, 0.15) is 49.6 Å². The fraction of sp³-hybridized carbons (Fsp3) is 0.188. The highest BCUT2D eigenvalue weighted by Crippen LogP contribution is 2.38. The van der Waals surface area contributed by atoms with Crippen molar-refractivity contribution in [2.45, 2.75) is 24.8 Å². The van der Waals surface area contributed by atoms with Gasteiger partial charge in [-0.05, 0) is 47.7 Å². The van der Waals surface area contributed by atoms with E-state index in [-0.39, 0.29) is 23.2 Å². The van der Waals surface area contributed by atoms with Crippen LogP contribution < -0.4 is 5.32 Å². The number of thioether (sulfide) groups is 1. The topological polar surface area (TPSA) is 49.4 Å². The number of carbonyl (C=O) groups is 2. The van der Waals surface area contributed by atoms with Crippen LogP contribution >= 0.6 is 11.8 Å². The molecule has 1 heterocycles. The van der Waals surface area contributed by atoms with E-state index in [9.17, 15) is 9.59 Å². The standard InChI is InChI=1S/C32H30N2O2S/c1-23-12-14-26(15-13-23)30(25-10-6-3-7-11-25)33-31(36)27-16-18-28(19-17-27)32-34(29(35)22-37-32)21-20-24-8-4-2-5-9-24/h2-19,30,32H,20-22H2,1H3,(H,33,36)/t30-,32+/m1/s1. The molecule has 1 aliphatic heterocycles. The highest BCUT2D eigenvalue weighted by molar-refractivity contribution is 8.00. The van der Waals surface area contributed by atoms with E-state index < -0.39 is 0 Å². The molecule has 4 aromatic carbocycles. The SMILES string of the molecule is Cc1ccc([C@H](NC(=O)c2ccc([C@@H]3SCC(=O)N3CCc3ccccc3)cc2)c2ccccc2)cc1. The van der Waals surface area contributed by atoms with Crippen molar-refractivity contribution in [3.8, 4) is 0 Å². The summed E-state index contributed by atoms with van der Waals surface area (Å²) in [4.78, 5) is 27.9. The molecule has 37 heavy (non-hydrogen) atoms. The minimum Gasteiger partial charge on any atom is -0.341 e. The van der Waals surface area contributed by atoms with Crippen LogP contribution in [0.25, 0.3) is 0 Å². The van der Waals surface area contributed by atoms with E-state index in [1.54, 1.807) is 11.8 Å². The lowest BCUT2D eigenvalue weighted by molar-refractivity contribution is -0.128. The second-order valence-corrected chi connectivity index (χ2v) is 10.4. The summed E-state index contributed by atoms with van der Waals surface area (Å²) in [6.07, 6.45) is 0.823. The molecule has 0 radical (unpaired) electrons. The van der Waals surface area contributed by atoms with E-state index in [2.05, 4.69) is 48.6 Å². The Bertz CT molecular complexity index is 1340. The van der Waals surface area contributed by atoms with Gasteiger partial charge in [0.15, 0.2) is 0 Å². The summed E-state index contributed by atoms with van der Waals surface area (Å²) >= 11 is 1.64. The molecule has 5 rings (SSSR count). The van der Waals surface area contributed by atoms with Gasteiger partial charge in [0.1, 0.15) is 5.37 Å². The van der Waals surface area contributed by atoms with E-state index >= 15 is 0 Å². The maximum Gasteiger partial charge on any atom is 0.252 e. The third-order valence-electron chi connectivity index (χ3n) is 6.73. The largest absolute Gasteiger partial charge is 0.341 e. The number of hydrogen-bond acceptors (Lipinski definition) is 3. The molecule has 1 aliphatic rings. The van der Waals surface area contributed by atoms with Gasteiger partial charge in [0.05, 0.1) is 11.8 Å². The number of amides is 2. The molecule has 0 saturated carbocycles. The fourth-order valence-corrected chi connectivity index (χ4v) is 5.86. The summed E-state index contributed by atoms with van der Waals surface area (Å²) in [5, 5.41) is 3.19. The number of benzene rings is 4. The van der Waals surface area contributed by atoms with Crippen molar-refractivity contribution in [2.24, 2.45) is 0 Å². The third kappa shape index (κ3) is 5.95. The zero-order chi connectivity index (χ0) is 25.6. The Kier molecular flexibility index (Phi) is 7.71. The molecule has 2 amide bonds. The summed E-state index contributed by atoms with van der Waals surface area (Å²) in [6, 6.07) is 36.0. The zero-order valence-electron chi connectivity index (χ0n) is 20.8. The highest BCUT2D eigenvalue weighted by Gasteiger charge is 2.32. The monoisotopic (exact) mass is 506 g/mol. The van der Waals surface area contributed by atoms with Crippen LogP contribution in [-0.4, -0.2) is 29.0 Å². The molecule has 0 aromatic heterocycles. The molecule has 1 N–H and O–H groups in total. The lowest BCUT2D eigenvalue weighted by Crippen LogP contribution is -2.30. The van der Waals surface area contributed by atoms with E-state index in [4.69, 9.17) is 0 Å². The molecule has 0 aliphatic carbocycles. The van der Waals surface area contributed by atoms with Crippen molar-refractivity contribution >= 4 is 23.6 Å². The smallest absolute Gasteiger partial charge is 0.252 e. The Morgan fingerprint density at radius 2 is 1.49 bits per heavy atom. The van der Waals surface area contributed by atoms with Crippen LogP contribution in [0.2, 0.25) is 0 Å². The van der Waals surface area contributed by atoms with Crippen molar-refractivity contribution in [1.82, 2.24) is 10.2 Å². The van der Waals surface area contributed by atoms with Crippen molar-refractivity contribution in [2.75, 3.05) is 12.3 Å². The molecule has 0 unspecified atom stereocenters. The Morgan fingerprint density at radius 1 is 0.865 bits per heavy atom. The zero-order valence-corrected chi connectivity index (χ0v) is 21.7. The molecule has 5 heteroatoms. The average Bonchev–Trinajstić information content (AvgIpc) is 3.32. The molecule has 186 valence electrons. The lowest BCUT2D eigenvalue weighted by atomic mass is 9.97. The molecule has 1 saturated heterocycles. The minimum absolute atomic E-state index is 0.0297. The second-order valence-electron chi connectivity index (χ2n) is 9.34. The molecule has 1 fully saturated rings. The van der Waals surface area contributed by atoms with E-state index in [0.717, 1.165) is 23.1 Å². The lowest BCUT2D eigenvalue weighted by Gasteiger charge is -2.24. The normalized spacial score (nSPS) is 16.0. The van der Waals surface area contributed by atoms with Gasteiger partial charge < -0.3 is 10.2 Å². The van der Waals surface area contributed by atoms with E-state index in [1.807, 2.05) is 77.7 Å². The summed E-state index contributed by atoms with van der Waals surface area (Å²) in [7, 11) is 0. The van der Waals surface area contributed by atoms with E-state index in [1.165, 1.54) is 11.1 Å². The first-order valence-electron chi connectivity index (χ1n) is 12.6. The Hall–Kier alpha value is -3.83. The molecule has 2 atom stereocenters. The maximum atomic E-state index is 13.3. The van der Waals surface area contributed by atoms with Gasteiger partial charge in [0.25, 0.3) is 5.91 Å². The van der Waals surface area contributed by atoms with Crippen LogP contribution in [0.5, 0.6) is 0 Å². The van der Waals surface area contributed by atoms with Crippen LogP contribution in [0.4, 0.5) is 0 Å². The number of aryl methyl sites for hydroxylation is 1. The van der Waals surface area contributed by atoms with Crippen LogP contribution in [0, 0.1) is 6.92 Å². The van der Waals surface area contributed by atoms with Crippen molar-refractivity contribution in [3.63, 3.8) is 0 Å². The minimum atomic E-state index is -0.245. The first-order chi connectivity index (χ1) is 18.1. The van der Waals surface area contributed by atoms with Crippen LogP contribution in [-0.2, 0) is 11.2 Å². The molecule has 0 spiro atoms. The molecular formula is C32H30N2O2S. The van der Waals surface area contributed by atoms with E-state index in [0.29, 0.717) is 17.9 Å². The first kappa shape index (κ1) is 24.8. The molecular weight excluding hydrogens is 476 g/mol. The third-order valence-corrected chi connectivity index (χ3v) is 7.99. The van der Waals surface area contributed by atoms with Gasteiger partial charge in [-0.1, -0.05) is 103 Å². The first-order valence-corrected chi connectivity index (χ1v) is 13.6. The van der Waals surface area contributed by atoms with Crippen molar-refractivity contribution < 1.29 is 9.59 Å². The Labute approximate surface area is 222 Å². The highest BCUT2D eigenvalue weighted by atomic mass is 32.2. The van der Waals surface area contributed by atoms with Gasteiger partial charge in [-0.15, -0.1) is 11.8 Å². The summed E-state index contributed by atoms with van der Waals surface area (Å²) in [5.74, 6) is 0.519. The van der Waals surface area contributed by atoms with Crippen molar-refractivity contribution in [3.05, 3.63) is 143 Å². The second kappa shape index (κ2) is 11.5.